The van der Waals surface area contributed by atoms with Crippen LogP contribution in [-0.2, 0) is 9.53 Å². The smallest absolute Gasteiger partial charge is 0.405 e. The van der Waals surface area contributed by atoms with Gasteiger partial charge in [0.1, 0.15) is 10.0 Å². The van der Waals surface area contributed by atoms with E-state index in [2.05, 4.69) is 10.3 Å². The number of aromatic amines is 1. The SMILES string of the molecule is CC(C)CCNC(=O)NC(=O)COC(=O)c1[nH+]c(Cl)c(Cl)c(N)c1Cl. The van der Waals surface area contributed by atoms with Crippen LogP contribution in [-0.4, -0.2) is 31.1 Å². The predicted octanol–water partition coefficient (Wildman–Crippen LogP) is 2.07. The van der Waals surface area contributed by atoms with E-state index in [1.165, 1.54) is 0 Å². The lowest BCUT2D eigenvalue weighted by Gasteiger charge is -2.08. The predicted molar refractivity (Wildman–Crippen MR) is 93.7 cm³/mol. The van der Waals surface area contributed by atoms with E-state index in [1.54, 1.807) is 0 Å². The molecule has 1 aromatic heterocycles. The number of imide groups is 1. The van der Waals surface area contributed by atoms with Gasteiger partial charge in [-0.1, -0.05) is 37.0 Å². The number of hydrogen-bond donors (Lipinski definition) is 3. The Labute approximate surface area is 159 Å². The first-order valence-corrected chi connectivity index (χ1v) is 8.36. The molecule has 0 aliphatic rings. The normalized spacial score (nSPS) is 10.5. The first-order chi connectivity index (χ1) is 11.6. The molecule has 138 valence electrons. The van der Waals surface area contributed by atoms with Crippen molar-refractivity contribution in [3.8, 4) is 0 Å². The van der Waals surface area contributed by atoms with Crippen LogP contribution in [0.5, 0.6) is 0 Å². The topological polar surface area (TPSA) is 125 Å². The molecule has 1 rings (SSSR count). The summed E-state index contributed by atoms with van der Waals surface area (Å²) in [4.78, 5) is 37.4. The number of amides is 3. The number of urea groups is 1. The molecule has 0 fully saturated rings. The van der Waals surface area contributed by atoms with Gasteiger partial charge in [-0.25, -0.2) is 9.59 Å². The zero-order valence-electron chi connectivity index (χ0n) is 13.5. The number of nitrogen functional groups attached to an aromatic ring is 1. The summed E-state index contributed by atoms with van der Waals surface area (Å²) in [6, 6.07) is -0.676. The Kier molecular flexibility index (Phi) is 8.21. The fraction of sp³-hybridized carbons (Fsp3) is 0.429. The Hall–Kier alpha value is -1.77. The number of esters is 1. The summed E-state index contributed by atoms with van der Waals surface area (Å²) in [6.07, 6.45) is 0.768. The molecule has 0 spiro atoms. The van der Waals surface area contributed by atoms with E-state index >= 15 is 0 Å². The molecule has 1 heterocycles. The molecule has 0 radical (unpaired) electrons. The van der Waals surface area contributed by atoms with Crippen molar-refractivity contribution in [1.29, 1.82) is 0 Å². The van der Waals surface area contributed by atoms with E-state index in [0.29, 0.717) is 12.5 Å². The minimum absolute atomic E-state index is 0.0426. The average molecular weight is 413 g/mol. The molecule has 0 aliphatic heterocycles. The summed E-state index contributed by atoms with van der Waals surface area (Å²) < 4.78 is 4.76. The monoisotopic (exact) mass is 411 g/mol. The van der Waals surface area contributed by atoms with Gasteiger partial charge in [-0.2, -0.15) is 4.98 Å². The lowest BCUT2D eigenvalue weighted by molar-refractivity contribution is -0.380. The summed E-state index contributed by atoms with van der Waals surface area (Å²) in [5, 5.41) is 4.19. The highest BCUT2D eigenvalue weighted by Crippen LogP contribution is 2.32. The highest BCUT2D eigenvalue weighted by molar-refractivity contribution is 6.45. The standard InChI is InChI=1S/C14H17Cl3N4O4/c1-6(2)3-4-19-14(24)20-7(22)5-25-13(23)11-8(15)10(18)9(16)12(17)21-11/h6H,3-5H2,1-2H3,(H2,18,21)(H2,19,20,22,24)/p+1. The second kappa shape index (κ2) is 9.65. The Morgan fingerprint density at radius 1 is 1.20 bits per heavy atom. The van der Waals surface area contributed by atoms with Crippen molar-refractivity contribution >= 4 is 58.4 Å². The van der Waals surface area contributed by atoms with Crippen LogP contribution in [0.1, 0.15) is 30.8 Å². The number of carbonyl (C=O) groups is 3. The zero-order valence-corrected chi connectivity index (χ0v) is 15.8. The second-order valence-corrected chi connectivity index (χ2v) is 6.55. The van der Waals surface area contributed by atoms with E-state index in [-0.39, 0.29) is 26.6 Å². The number of ether oxygens (including phenoxy) is 1. The summed E-state index contributed by atoms with van der Waals surface area (Å²) in [7, 11) is 0. The Morgan fingerprint density at radius 2 is 1.84 bits per heavy atom. The van der Waals surface area contributed by atoms with Crippen molar-refractivity contribution in [2.75, 3.05) is 18.9 Å². The highest BCUT2D eigenvalue weighted by Gasteiger charge is 2.27. The highest BCUT2D eigenvalue weighted by atomic mass is 35.5. The molecule has 1 aromatic rings. The summed E-state index contributed by atoms with van der Waals surface area (Å²) in [6.45, 7) is 3.73. The molecular formula is C14H18Cl3N4O4+. The maximum Gasteiger partial charge on any atom is 0.405 e. The van der Waals surface area contributed by atoms with Crippen molar-refractivity contribution in [3.05, 3.63) is 20.9 Å². The quantitative estimate of drug-likeness (QED) is 0.487. The molecule has 0 unspecified atom stereocenters. The van der Waals surface area contributed by atoms with Crippen LogP contribution in [0.4, 0.5) is 10.5 Å². The number of aromatic nitrogens is 1. The zero-order chi connectivity index (χ0) is 19.1. The number of pyridine rings is 1. The molecule has 0 bridgehead atoms. The third kappa shape index (κ3) is 6.56. The number of nitrogens with two attached hydrogens (primary N) is 1. The summed E-state index contributed by atoms with van der Waals surface area (Å²) >= 11 is 17.4. The molecule has 25 heavy (non-hydrogen) atoms. The van der Waals surface area contributed by atoms with Crippen molar-refractivity contribution in [1.82, 2.24) is 10.6 Å². The molecule has 8 nitrogen and oxygen atoms in total. The van der Waals surface area contributed by atoms with Crippen LogP contribution in [0, 0.1) is 5.92 Å². The van der Waals surface area contributed by atoms with Crippen molar-refractivity contribution in [2.24, 2.45) is 5.92 Å². The first-order valence-electron chi connectivity index (χ1n) is 7.23. The van der Waals surface area contributed by atoms with E-state index in [0.717, 1.165) is 6.42 Å². The maximum atomic E-state index is 11.9. The number of hydrogen-bond acceptors (Lipinski definition) is 5. The first kappa shape index (κ1) is 21.3. The van der Waals surface area contributed by atoms with Crippen LogP contribution in [0.3, 0.4) is 0 Å². The Bertz CT molecular complexity index is 683. The van der Waals surface area contributed by atoms with Gasteiger partial charge in [-0.05, 0) is 23.9 Å². The third-order valence-electron chi connectivity index (χ3n) is 2.92. The second-order valence-electron chi connectivity index (χ2n) is 5.42. The van der Waals surface area contributed by atoms with Gasteiger partial charge in [0.2, 0.25) is 0 Å². The maximum absolute atomic E-state index is 11.9. The van der Waals surface area contributed by atoms with Crippen molar-refractivity contribution in [3.63, 3.8) is 0 Å². The van der Waals surface area contributed by atoms with Crippen LogP contribution in [0.2, 0.25) is 15.2 Å². The minimum atomic E-state index is -0.981. The molecule has 3 amide bonds. The van der Waals surface area contributed by atoms with E-state index < -0.39 is 24.5 Å². The van der Waals surface area contributed by atoms with Crippen LogP contribution in [0.15, 0.2) is 0 Å². The molecule has 0 atom stereocenters. The molecule has 5 N–H and O–H groups in total. The molecule has 0 aromatic carbocycles. The minimum Gasteiger partial charge on any atom is -0.448 e. The van der Waals surface area contributed by atoms with Crippen LogP contribution >= 0.6 is 34.8 Å². The van der Waals surface area contributed by atoms with Gasteiger partial charge >= 0.3 is 17.7 Å². The summed E-state index contributed by atoms with van der Waals surface area (Å²) in [5.74, 6) is -1.37. The van der Waals surface area contributed by atoms with Crippen LogP contribution < -0.4 is 21.4 Å². The van der Waals surface area contributed by atoms with Gasteiger partial charge in [0, 0.05) is 6.54 Å². The molecule has 11 heteroatoms. The number of halogens is 3. The summed E-state index contributed by atoms with van der Waals surface area (Å²) in [5.41, 5.74) is 5.24. The largest absolute Gasteiger partial charge is 0.448 e. The number of carbonyl (C=O) groups excluding carboxylic acids is 3. The molecule has 0 aliphatic carbocycles. The molecule has 0 saturated carbocycles. The van der Waals surface area contributed by atoms with Gasteiger partial charge in [-0.15, -0.1) is 0 Å². The van der Waals surface area contributed by atoms with E-state index in [1.807, 2.05) is 19.2 Å². The number of rotatable bonds is 6. The Balaban J connectivity index is 2.54. The van der Waals surface area contributed by atoms with Crippen LogP contribution in [0.25, 0.3) is 0 Å². The van der Waals surface area contributed by atoms with Crippen molar-refractivity contribution in [2.45, 2.75) is 20.3 Å². The number of H-pyrrole nitrogens is 1. The fourth-order valence-electron chi connectivity index (χ4n) is 1.59. The lowest BCUT2D eigenvalue weighted by Crippen LogP contribution is -2.42. The van der Waals surface area contributed by atoms with Gasteiger partial charge in [0.05, 0.1) is 5.69 Å². The molecule has 0 saturated heterocycles. The fourth-order valence-corrected chi connectivity index (χ4v) is 2.20. The van der Waals surface area contributed by atoms with E-state index in [4.69, 9.17) is 45.3 Å². The number of nitrogens with one attached hydrogen (secondary N) is 3. The van der Waals surface area contributed by atoms with Gasteiger partial charge in [0.25, 0.3) is 11.1 Å². The average Bonchev–Trinajstić information content (AvgIpc) is 2.53. The van der Waals surface area contributed by atoms with Gasteiger partial charge in [-0.3, -0.25) is 10.1 Å². The molecular weight excluding hydrogens is 395 g/mol. The van der Waals surface area contributed by atoms with Gasteiger partial charge in [0.15, 0.2) is 6.61 Å². The van der Waals surface area contributed by atoms with E-state index in [9.17, 15) is 14.4 Å². The lowest BCUT2D eigenvalue weighted by atomic mass is 10.1. The number of anilines is 1. The third-order valence-corrected chi connectivity index (χ3v) is 4.08. The van der Waals surface area contributed by atoms with Gasteiger partial charge < -0.3 is 15.8 Å². The van der Waals surface area contributed by atoms with Crippen molar-refractivity contribution < 1.29 is 24.1 Å². The Morgan fingerprint density at radius 3 is 2.44 bits per heavy atom.